The van der Waals surface area contributed by atoms with Crippen molar-refractivity contribution in [2.45, 2.75) is 56.9 Å². The van der Waals surface area contributed by atoms with Crippen molar-refractivity contribution in [3.8, 4) is 17.2 Å². The molecule has 0 radical (unpaired) electrons. The summed E-state index contributed by atoms with van der Waals surface area (Å²) >= 11 is 1.70. The van der Waals surface area contributed by atoms with Gasteiger partial charge in [0.05, 0.1) is 39.3 Å². The number of rotatable bonds is 7. The molecule has 4 rings (SSSR count). The quantitative estimate of drug-likeness (QED) is 0.623. The van der Waals surface area contributed by atoms with Crippen LogP contribution in [0.5, 0.6) is 17.2 Å². The van der Waals surface area contributed by atoms with Crippen molar-refractivity contribution >= 4 is 17.6 Å². The van der Waals surface area contributed by atoms with Crippen LogP contribution in [0.4, 0.5) is 0 Å². The first kappa shape index (κ1) is 20.0. The van der Waals surface area contributed by atoms with E-state index >= 15 is 0 Å². The van der Waals surface area contributed by atoms with Gasteiger partial charge in [-0.05, 0) is 31.7 Å². The van der Waals surface area contributed by atoms with E-state index < -0.39 is 0 Å². The topological polar surface area (TPSA) is 57.3 Å². The van der Waals surface area contributed by atoms with E-state index in [1.54, 1.807) is 32.7 Å². The molecule has 0 atom stereocenters. The van der Waals surface area contributed by atoms with Gasteiger partial charge in [-0.1, -0.05) is 19.3 Å². The smallest absolute Gasteiger partial charge is 0.206 e. The van der Waals surface area contributed by atoms with Gasteiger partial charge in [0.25, 0.3) is 0 Å². The van der Waals surface area contributed by atoms with Crippen LogP contribution in [-0.4, -0.2) is 38.3 Å². The summed E-state index contributed by atoms with van der Waals surface area (Å²) in [6.45, 7) is 0. The first-order chi connectivity index (χ1) is 14.2. The number of benzene rings is 1. The Morgan fingerprint density at radius 2 is 1.62 bits per heavy atom. The molecular weight excluding hydrogens is 386 g/mol. The van der Waals surface area contributed by atoms with Crippen LogP contribution in [0.1, 0.15) is 62.1 Å². The Morgan fingerprint density at radius 3 is 2.28 bits per heavy atom. The summed E-state index contributed by atoms with van der Waals surface area (Å²) in [6.07, 6.45) is 10.6. The van der Waals surface area contributed by atoms with E-state index in [1.165, 1.54) is 50.6 Å². The molecule has 7 heteroatoms. The third-order valence-electron chi connectivity index (χ3n) is 5.62. The number of aromatic nitrogens is 1. The summed E-state index contributed by atoms with van der Waals surface area (Å²) in [5.74, 6) is 2.59. The van der Waals surface area contributed by atoms with Crippen LogP contribution in [0.3, 0.4) is 0 Å². The maximum absolute atomic E-state index is 5.54. The lowest BCUT2D eigenvalue weighted by Gasteiger charge is -2.16. The largest absolute Gasteiger partial charge is 0.496 e. The summed E-state index contributed by atoms with van der Waals surface area (Å²) in [7, 11) is 4.90. The SMILES string of the molecule is COc1cc(OC)c(OC)cc1/C=N/n1c(C2CC2)csc1=NC1CCCCC1. The van der Waals surface area contributed by atoms with Gasteiger partial charge in [-0.2, -0.15) is 5.10 Å². The molecule has 6 nitrogen and oxygen atoms in total. The van der Waals surface area contributed by atoms with E-state index in [-0.39, 0.29) is 0 Å². The molecule has 0 amide bonds. The molecular formula is C22H29N3O3S. The minimum atomic E-state index is 0.423. The molecule has 2 aliphatic rings. The molecule has 156 valence electrons. The molecule has 2 fully saturated rings. The first-order valence-corrected chi connectivity index (χ1v) is 11.2. The fourth-order valence-electron chi connectivity index (χ4n) is 3.81. The molecule has 2 aromatic rings. The minimum Gasteiger partial charge on any atom is -0.496 e. The number of thiazole rings is 1. The molecule has 1 heterocycles. The average Bonchev–Trinajstić information content (AvgIpc) is 3.54. The average molecular weight is 416 g/mol. The Labute approximate surface area is 175 Å². The summed E-state index contributed by atoms with van der Waals surface area (Å²) in [5, 5.41) is 7.06. The van der Waals surface area contributed by atoms with Gasteiger partial charge in [0.1, 0.15) is 5.75 Å². The summed E-state index contributed by atoms with van der Waals surface area (Å²) in [4.78, 5) is 6.05. The van der Waals surface area contributed by atoms with Crippen molar-refractivity contribution in [2.75, 3.05) is 21.3 Å². The molecule has 0 N–H and O–H groups in total. The minimum absolute atomic E-state index is 0.423. The number of hydrogen-bond acceptors (Lipinski definition) is 6. The molecule has 0 unspecified atom stereocenters. The molecule has 2 saturated carbocycles. The zero-order valence-corrected chi connectivity index (χ0v) is 18.2. The number of ether oxygens (including phenoxy) is 3. The lowest BCUT2D eigenvalue weighted by Crippen LogP contribution is -2.19. The lowest BCUT2D eigenvalue weighted by molar-refractivity contribution is 0.349. The monoisotopic (exact) mass is 415 g/mol. The number of methoxy groups -OCH3 is 3. The van der Waals surface area contributed by atoms with E-state index in [0.29, 0.717) is 29.2 Å². The Hall–Kier alpha value is -2.28. The van der Waals surface area contributed by atoms with E-state index in [9.17, 15) is 0 Å². The molecule has 0 spiro atoms. The van der Waals surface area contributed by atoms with Crippen LogP contribution >= 0.6 is 11.3 Å². The highest BCUT2D eigenvalue weighted by molar-refractivity contribution is 7.07. The second kappa shape index (κ2) is 9.03. The van der Waals surface area contributed by atoms with Crippen molar-refractivity contribution in [3.63, 3.8) is 0 Å². The van der Waals surface area contributed by atoms with Crippen LogP contribution in [0.25, 0.3) is 0 Å². The van der Waals surface area contributed by atoms with E-state index in [1.807, 2.05) is 23.0 Å². The van der Waals surface area contributed by atoms with Crippen LogP contribution < -0.4 is 19.0 Å². The normalized spacial score (nSPS) is 18.4. The predicted molar refractivity (Wildman–Crippen MR) is 116 cm³/mol. The second-order valence-corrected chi connectivity index (χ2v) is 8.48. The fraction of sp³-hybridized carbons (Fsp3) is 0.545. The summed E-state index contributed by atoms with van der Waals surface area (Å²) in [6, 6.07) is 4.14. The molecule has 0 bridgehead atoms. The summed E-state index contributed by atoms with van der Waals surface area (Å²) < 4.78 is 18.4. The molecule has 29 heavy (non-hydrogen) atoms. The van der Waals surface area contributed by atoms with E-state index in [4.69, 9.17) is 24.3 Å². The van der Waals surface area contributed by atoms with Gasteiger partial charge in [-0.15, -0.1) is 11.3 Å². The van der Waals surface area contributed by atoms with Crippen molar-refractivity contribution in [3.05, 3.63) is 33.6 Å². The van der Waals surface area contributed by atoms with E-state index in [0.717, 1.165) is 10.4 Å². The van der Waals surface area contributed by atoms with Gasteiger partial charge in [0.15, 0.2) is 11.5 Å². The van der Waals surface area contributed by atoms with Crippen molar-refractivity contribution < 1.29 is 14.2 Å². The van der Waals surface area contributed by atoms with Crippen LogP contribution in [0.15, 0.2) is 27.6 Å². The predicted octanol–water partition coefficient (Wildman–Crippen LogP) is 4.57. The maximum Gasteiger partial charge on any atom is 0.206 e. The van der Waals surface area contributed by atoms with Gasteiger partial charge in [0.2, 0.25) is 4.80 Å². The van der Waals surface area contributed by atoms with Gasteiger partial charge >= 0.3 is 0 Å². The van der Waals surface area contributed by atoms with Crippen LogP contribution in [0, 0.1) is 0 Å². The van der Waals surface area contributed by atoms with Crippen LogP contribution in [-0.2, 0) is 0 Å². The third-order valence-corrected chi connectivity index (χ3v) is 6.47. The molecule has 1 aromatic carbocycles. The zero-order chi connectivity index (χ0) is 20.2. The van der Waals surface area contributed by atoms with Crippen molar-refractivity contribution in [1.29, 1.82) is 0 Å². The highest BCUT2D eigenvalue weighted by atomic mass is 32.1. The summed E-state index contributed by atoms with van der Waals surface area (Å²) in [5.41, 5.74) is 2.11. The van der Waals surface area contributed by atoms with Crippen molar-refractivity contribution in [1.82, 2.24) is 4.68 Å². The van der Waals surface area contributed by atoms with Crippen molar-refractivity contribution in [2.24, 2.45) is 10.1 Å². The van der Waals surface area contributed by atoms with E-state index in [2.05, 4.69) is 5.38 Å². The second-order valence-electron chi connectivity index (χ2n) is 7.64. The molecule has 0 saturated heterocycles. The van der Waals surface area contributed by atoms with Gasteiger partial charge < -0.3 is 14.2 Å². The van der Waals surface area contributed by atoms with Crippen LogP contribution in [0.2, 0.25) is 0 Å². The Balaban J connectivity index is 1.71. The third kappa shape index (κ3) is 4.50. The zero-order valence-electron chi connectivity index (χ0n) is 17.4. The highest BCUT2D eigenvalue weighted by Crippen LogP contribution is 2.40. The molecule has 1 aromatic heterocycles. The molecule has 0 aliphatic heterocycles. The number of hydrogen-bond donors (Lipinski definition) is 0. The highest BCUT2D eigenvalue weighted by Gasteiger charge is 2.28. The Morgan fingerprint density at radius 1 is 0.931 bits per heavy atom. The molecule has 2 aliphatic carbocycles. The first-order valence-electron chi connectivity index (χ1n) is 10.3. The lowest BCUT2D eigenvalue weighted by atomic mass is 9.96. The number of nitrogens with zero attached hydrogens (tertiary/aromatic N) is 3. The van der Waals surface area contributed by atoms with Gasteiger partial charge in [-0.25, -0.2) is 4.68 Å². The standard InChI is InChI=1S/C22H29N3O3S/c1-26-19-12-21(28-3)20(27-2)11-16(19)13-23-25-18(15-9-10-15)14-29-22(25)24-17-7-5-4-6-8-17/h11-15,17H,4-10H2,1-3H3/b23-13+,24-22?. The fourth-order valence-corrected chi connectivity index (χ4v) is 4.79. The Kier molecular flexibility index (Phi) is 6.23. The maximum atomic E-state index is 5.54. The van der Waals surface area contributed by atoms with Gasteiger partial charge in [0, 0.05) is 22.9 Å². The Bertz CT molecular complexity index is 937. The van der Waals surface area contributed by atoms with Gasteiger partial charge in [-0.3, -0.25) is 4.99 Å².